The van der Waals surface area contributed by atoms with Crippen LogP contribution >= 0.6 is 0 Å². The Morgan fingerprint density at radius 2 is 1.79 bits per heavy atom. The van der Waals surface area contributed by atoms with E-state index in [9.17, 15) is 5.11 Å². The summed E-state index contributed by atoms with van der Waals surface area (Å²) in [6.45, 7) is 5.47. The molecule has 0 heterocycles. The van der Waals surface area contributed by atoms with Crippen LogP contribution in [0.5, 0.6) is 5.75 Å². The van der Waals surface area contributed by atoms with Gasteiger partial charge in [0, 0.05) is 13.7 Å². The topological polar surface area (TPSA) is 47.9 Å². The molecule has 1 N–H and O–H groups in total. The third-order valence-corrected chi connectivity index (χ3v) is 5.79. The van der Waals surface area contributed by atoms with Gasteiger partial charge in [-0.3, -0.25) is 0 Å². The van der Waals surface area contributed by atoms with Crippen LogP contribution < -0.4 is 0 Å². The van der Waals surface area contributed by atoms with E-state index in [4.69, 9.17) is 14.2 Å². The predicted octanol–water partition coefficient (Wildman–Crippen LogP) is 3.51. The van der Waals surface area contributed by atoms with Gasteiger partial charge in [-0.15, -0.1) is 0 Å². The van der Waals surface area contributed by atoms with Gasteiger partial charge in [0.15, 0.2) is 0 Å². The van der Waals surface area contributed by atoms with Crippen LogP contribution in [0.15, 0.2) is 18.2 Å². The van der Waals surface area contributed by atoms with Crippen molar-refractivity contribution in [1.82, 2.24) is 0 Å². The summed E-state index contributed by atoms with van der Waals surface area (Å²) >= 11 is 0. The number of phenols is 1. The summed E-state index contributed by atoms with van der Waals surface area (Å²) < 4.78 is 16.2. The number of benzene rings is 1. The fourth-order valence-corrected chi connectivity index (χ4v) is 4.51. The van der Waals surface area contributed by atoms with Gasteiger partial charge in [-0.25, -0.2) is 0 Å². The molecule has 0 radical (unpaired) electrons. The van der Waals surface area contributed by atoms with Crippen molar-refractivity contribution in [2.75, 3.05) is 40.1 Å². The number of methoxy groups -OCH3 is 1. The van der Waals surface area contributed by atoms with E-state index in [1.54, 1.807) is 7.11 Å². The quantitative estimate of drug-likeness (QED) is 0.702. The normalized spacial score (nSPS) is 28.6. The standard InChI is InChI=1S/C20H30O4/c1-14-9-15(3-4-20(14)21)19-12-16-10-17(19)11-18(16)13-24-8-7-23-6-5-22-2/h3-4,9,16-19,21H,5-8,10-13H2,1-2H3. The maximum atomic E-state index is 9.72. The van der Waals surface area contributed by atoms with E-state index in [0.717, 1.165) is 24.0 Å². The smallest absolute Gasteiger partial charge is 0.118 e. The van der Waals surface area contributed by atoms with E-state index in [2.05, 4.69) is 12.1 Å². The van der Waals surface area contributed by atoms with Crippen molar-refractivity contribution in [3.8, 4) is 5.75 Å². The molecule has 2 fully saturated rings. The second kappa shape index (κ2) is 8.32. The molecule has 2 saturated carbocycles. The lowest BCUT2D eigenvalue weighted by molar-refractivity contribution is 0.00912. The van der Waals surface area contributed by atoms with Gasteiger partial charge in [0.25, 0.3) is 0 Å². The summed E-state index contributed by atoms with van der Waals surface area (Å²) in [6, 6.07) is 6.13. The van der Waals surface area contributed by atoms with Crippen LogP contribution in [-0.4, -0.2) is 45.3 Å². The van der Waals surface area contributed by atoms with E-state index >= 15 is 0 Å². The highest BCUT2D eigenvalue weighted by Crippen LogP contribution is 2.55. The highest BCUT2D eigenvalue weighted by molar-refractivity contribution is 5.37. The summed E-state index contributed by atoms with van der Waals surface area (Å²) in [6.07, 6.45) is 3.88. The van der Waals surface area contributed by atoms with Gasteiger partial charge in [0.05, 0.1) is 26.4 Å². The summed E-state index contributed by atoms with van der Waals surface area (Å²) in [5, 5.41) is 9.72. The van der Waals surface area contributed by atoms with Crippen LogP contribution in [-0.2, 0) is 14.2 Å². The minimum absolute atomic E-state index is 0.404. The zero-order valence-corrected chi connectivity index (χ0v) is 14.9. The minimum Gasteiger partial charge on any atom is -0.508 e. The van der Waals surface area contributed by atoms with E-state index in [0.29, 0.717) is 44.0 Å². The molecule has 0 aliphatic heterocycles. The molecule has 1 aromatic rings. The highest BCUT2D eigenvalue weighted by atomic mass is 16.5. The molecule has 4 heteroatoms. The Hall–Kier alpha value is -1.10. The first-order valence-corrected chi connectivity index (χ1v) is 9.13. The van der Waals surface area contributed by atoms with Crippen LogP contribution in [0.4, 0.5) is 0 Å². The molecule has 2 bridgehead atoms. The van der Waals surface area contributed by atoms with E-state index in [1.165, 1.54) is 24.8 Å². The molecule has 0 saturated heterocycles. The van der Waals surface area contributed by atoms with E-state index in [1.807, 2.05) is 13.0 Å². The van der Waals surface area contributed by atoms with Crippen LogP contribution in [0.1, 0.15) is 36.3 Å². The molecule has 4 unspecified atom stereocenters. The average Bonchev–Trinajstić information content (AvgIpc) is 3.17. The number of ether oxygens (including phenoxy) is 3. The molecule has 4 nitrogen and oxygen atoms in total. The molecule has 0 amide bonds. The molecule has 0 spiro atoms. The number of aromatic hydroxyl groups is 1. The maximum Gasteiger partial charge on any atom is 0.118 e. The van der Waals surface area contributed by atoms with Crippen LogP contribution in [0.2, 0.25) is 0 Å². The third kappa shape index (κ3) is 4.11. The van der Waals surface area contributed by atoms with Gasteiger partial charge >= 0.3 is 0 Å². The summed E-state index contributed by atoms with van der Waals surface area (Å²) in [7, 11) is 1.68. The van der Waals surface area contributed by atoms with Crippen molar-refractivity contribution in [2.24, 2.45) is 17.8 Å². The SMILES string of the molecule is COCCOCCOCC1CC2CC1CC2c1ccc(O)c(C)c1. The zero-order valence-electron chi connectivity index (χ0n) is 14.9. The zero-order chi connectivity index (χ0) is 16.9. The first kappa shape index (κ1) is 17.7. The van der Waals surface area contributed by atoms with Crippen molar-refractivity contribution in [2.45, 2.75) is 32.1 Å². The predicted molar refractivity (Wildman–Crippen MR) is 93.4 cm³/mol. The first-order valence-electron chi connectivity index (χ1n) is 9.13. The van der Waals surface area contributed by atoms with Crippen molar-refractivity contribution in [3.05, 3.63) is 29.3 Å². The second-order valence-corrected chi connectivity index (χ2v) is 7.32. The van der Waals surface area contributed by atoms with Crippen molar-refractivity contribution >= 4 is 0 Å². The maximum absolute atomic E-state index is 9.72. The summed E-state index contributed by atoms with van der Waals surface area (Å²) in [5.41, 5.74) is 2.40. The Morgan fingerprint density at radius 3 is 2.50 bits per heavy atom. The monoisotopic (exact) mass is 334 g/mol. The van der Waals surface area contributed by atoms with Gasteiger partial charge < -0.3 is 19.3 Å². The Kier molecular flexibility index (Phi) is 6.14. The highest BCUT2D eigenvalue weighted by Gasteiger charge is 2.46. The van der Waals surface area contributed by atoms with Crippen LogP contribution in [0.3, 0.4) is 0 Å². The molecule has 24 heavy (non-hydrogen) atoms. The number of aryl methyl sites for hydroxylation is 1. The van der Waals surface area contributed by atoms with Gasteiger partial charge in [-0.1, -0.05) is 12.1 Å². The Labute approximate surface area is 145 Å². The number of hydrogen-bond donors (Lipinski definition) is 1. The van der Waals surface area contributed by atoms with Gasteiger partial charge in [0.1, 0.15) is 5.75 Å². The number of fused-ring (bicyclic) bond motifs is 2. The number of hydrogen-bond acceptors (Lipinski definition) is 4. The molecule has 0 aromatic heterocycles. The van der Waals surface area contributed by atoms with Crippen LogP contribution in [0.25, 0.3) is 0 Å². The molecular weight excluding hydrogens is 304 g/mol. The summed E-state index contributed by atoms with van der Waals surface area (Å²) in [5.74, 6) is 3.36. The minimum atomic E-state index is 0.404. The second-order valence-electron chi connectivity index (χ2n) is 7.32. The fourth-order valence-electron chi connectivity index (χ4n) is 4.51. The Balaban J connectivity index is 1.40. The first-order chi connectivity index (χ1) is 11.7. The molecule has 134 valence electrons. The van der Waals surface area contributed by atoms with Crippen LogP contribution in [0, 0.1) is 24.7 Å². The van der Waals surface area contributed by atoms with E-state index < -0.39 is 0 Å². The number of phenolic OH excluding ortho intramolecular Hbond substituents is 1. The molecule has 4 atom stereocenters. The average molecular weight is 334 g/mol. The largest absolute Gasteiger partial charge is 0.508 e. The fraction of sp³-hybridized carbons (Fsp3) is 0.700. The molecule has 1 aromatic carbocycles. The lowest BCUT2D eigenvalue weighted by Gasteiger charge is -2.28. The van der Waals surface area contributed by atoms with E-state index in [-0.39, 0.29) is 0 Å². The summed E-state index contributed by atoms with van der Waals surface area (Å²) in [4.78, 5) is 0. The van der Waals surface area contributed by atoms with Crippen molar-refractivity contribution in [3.63, 3.8) is 0 Å². The molecule has 2 aliphatic carbocycles. The molecular formula is C20H30O4. The Bertz CT molecular complexity index is 530. The molecule has 3 rings (SSSR count). The molecule has 2 aliphatic rings. The van der Waals surface area contributed by atoms with Gasteiger partial charge in [0.2, 0.25) is 0 Å². The Morgan fingerprint density at radius 1 is 1.00 bits per heavy atom. The lowest BCUT2D eigenvalue weighted by atomic mass is 9.78. The lowest BCUT2D eigenvalue weighted by Crippen LogP contribution is -2.22. The third-order valence-electron chi connectivity index (χ3n) is 5.79. The van der Waals surface area contributed by atoms with Crippen molar-refractivity contribution in [1.29, 1.82) is 0 Å². The number of rotatable bonds is 9. The van der Waals surface area contributed by atoms with Gasteiger partial charge in [-0.05, 0) is 67.1 Å². The van der Waals surface area contributed by atoms with Gasteiger partial charge in [-0.2, -0.15) is 0 Å². The van der Waals surface area contributed by atoms with Crippen molar-refractivity contribution < 1.29 is 19.3 Å².